The third-order valence-electron chi connectivity index (χ3n) is 4.54. The summed E-state index contributed by atoms with van der Waals surface area (Å²) in [7, 11) is 1.74. The van der Waals surface area contributed by atoms with Crippen LogP contribution in [0.15, 0.2) is 34.2 Å². The van der Waals surface area contributed by atoms with Crippen LogP contribution in [-0.2, 0) is 19.9 Å². The number of fused-ring (bicyclic) bond motifs is 3. The monoisotopic (exact) mass is 403 g/mol. The van der Waals surface area contributed by atoms with Crippen LogP contribution in [0.1, 0.15) is 16.9 Å². The first-order valence-electron chi connectivity index (χ1n) is 8.56. The van der Waals surface area contributed by atoms with Gasteiger partial charge in [0.2, 0.25) is 0 Å². The van der Waals surface area contributed by atoms with Crippen LogP contribution in [0.2, 0.25) is 0 Å². The molecule has 140 valence electrons. The summed E-state index contributed by atoms with van der Waals surface area (Å²) < 4.78 is 7.14. The van der Waals surface area contributed by atoms with Gasteiger partial charge in [0.15, 0.2) is 10.9 Å². The molecule has 0 aliphatic heterocycles. The molecule has 7 nitrogen and oxygen atoms in total. The second-order valence-corrected chi connectivity index (χ2v) is 8.36. The normalized spacial score (nSPS) is 13.1. The summed E-state index contributed by atoms with van der Waals surface area (Å²) in [4.78, 5) is 30.1. The smallest absolute Gasteiger partial charge is 0.310 e. The second-order valence-electron chi connectivity index (χ2n) is 6.22. The van der Waals surface area contributed by atoms with Crippen molar-refractivity contribution in [3.63, 3.8) is 0 Å². The van der Waals surface area contributed by atoms with E-state index in [1.54, 1.807) is 41.2 Å². The largest absolute Gasteiger partial charge is 0.486 e. The molecule has 2 aromatic heterocycles. The van der Waals surface area contributed by atoms with Gasteiger partial charge in [0.25, 0.3) is 5.56 Å². The number of para-hydroxylation sites is 2. The van der Waals surface area contributed by atoms with E-state index in [9.17, 15) is 14.9 Å². The van der Waals surface area contributed by atoms with Crippen molar-refractivity contribution >= 4 is 39.0 Å². The molecule has 1 aliphatic carbocycles. The Hall–Kier alpha value is -2.39. The van der Waals surface area contributed by atoms with Crippen molar-refractivity contribution in [2.45, 2.75) is 24.4 Å². The number of benzene rings is 1. The van der Waals surface area contributed by atoms with Gasteiger partial charge in [-0.15, -0.1) is 11.3 Å². The molecule has 1 aliphatic rings. The predicted octanol–water partition coefficient (Wildman–Crippen LogP) is 3.56. The number of nitro groups is 1. The molecule has 0 saturated carbocycles. The zero-order valence-corrected chi connectivity index (χ0v) is 16.3. The maximum Gasteiger partial charge on any atom is 0.310 e. The summed E-state index contributed by atoms with van der Waals surface area (Å²) in [5.41, 5.74) is 1.13. The van der Waals surface area contributed by atoms with Gasteiger partial charge in [-0.3, -0.25) is 19.5 Å². The standard InChI is InChI=1S/C18H17N3O4S2/c1-20-17(22)15-11-5-4-8-14(11)27-16(15)19-18(20)26-10-9-25-13-7-3-2-6-12(13)21(23)24/h2-3,6-7H,4-5,8-10H2,1H3. The molecule has 0 N–H and O–H groups in total. The van der Waals surface area contributed by atoms with Crippen LogP contribution in [0, 0.1) is 10.1 Å². The van der Waals surface area contributed by atoms with E-state index < -0.39 is 4.92 Å². The Labute approximate surface area is 163 Å². The first-order valence-corrected chi connectivity index (χ1v) is 10.4. The number of hydrogen-bond donors (Lipinski definition) is 0. The maximum atomic E-state index is 12.8. The SMILES string of the molecule is Cn1c(SCCOc2ccccc2[N+](=O)[O-])nc2sc3c(c2c1=O)CCC3. The molecule has 0 unspecified atom stereocenters. The molecule has 4 rings (SSSR count). The molecule has 0 atom stereocenters. The highest BCUT2D eigenvalue weighted by Crippen LogP contribution is 2.35. The molecule has 27 heavy (non-hydrogen) atoms. The van der Waals surface area contributed by atoms with Gasteiger partial charge < -0.3 is 4.74 Å². The topological polar surface area (TPSA) is 87.3 Å². The number of rotatable bonds is 6. The van der Waals surface area contributed by atoms with Crippen LogP contribution in [-0.4, -0.2) is 26.8 Å². The number of aryl methyl sites for hydroxylation is 2. The van der Waals surface area contributed by atoms with E-state index >= 15 is 0 Å². The summed E-state index contributed by atoms with van der Waals surface area (Å²) in [5.74, 6) is 0.776. The highest BCUT2D eigenvalue weighted by atomic mass is 32.2. The third-order valence-corrected chi connectivity index (χ3v) is 6.72. The zero-order chi connectivity index (χ0) is 19.0. The lowest BCUT2D eigenvalue weighted by Crippen LogP contribution is -2.20. The van der Waals surface area contributed by atoms with E-state index in [1.165, 1.54) is 28.3 Å². The van der Waals surface area contributed by atoms with Crippen molar-refractivity contribution in [1.82, 2.24) is 9.55 Å². The highest BCUT2D eigenvalue weighted by Gasteiger charge is 2.22. The van der Waals surface area contributed by atoms with Gasteiger partial charge in [-0.1, -0.05) is 23.9 Å². The first kappa shape index (κ1) is 18.0. The molecule has 9 heteroatoms. The van der Waals surface area contributed by atoms with Crippen molar-refractivity contribution in [3.8, 4) is 5.75 Å². The number of nitro benzene ring substituents is 1. The Kier molecular flexibility index (Phi) is 4.88. The van der Waals surface area contributed by atoms with E-state index in [4.69, 9.17) is 4.74 Å². The predicted molar refractivity (Wildman–Crippen MR) is 106 cm³/mol. The van der Waals surface area contributed by atoms with Gasteiger partial charge in [0, 0.05) is 23.7 Å². The molecule has 3 aromatic rings. The van der Waals surface area contributed by atoms with E-state index in [2.05, 4.69) is 4.98 Å². The van der Waals surface area contributed by atoms with E-state index in [1.807, 2.05) is 0 Å². The van der Waals surface area contributed by atoms with Crippen molar-refractivity contribution in [1.29, 1.82) is 0 Å². The Morgan fingerprint density at radius 1 is 1.37 bits per heavy atom. The summed E-state index contributed by atoms with van der Waals surface area (Å²) in [5, 5.41) is 12.4. The molecule has 0 radical (unpaired) electrons. The van der Waals surface area contributed by atoms with Gasteiger partial charge in [0.05, 0.1) is 16.9 Å². The quantitative estimate of drug-likeness (QED) is 0.206. The van der Waals surface area contributed by atoms with Gasteiger partial charge in [-0.2, -0.15) is 0 Å². The number of hydrogen-bond acceptors (Lipinski definition) is 7. The third kappa shape index (κ3) is 3.32. The van der Waals surface area contributed by atoms with Gasteiger partial charge in [-0.05, 0) is 30.9 Å². The zero-order valence-electron chi connectivity index (χ0n) is 14.6. The van der Waals surface area contributed by atoms with Gasteiger partial charge >= 0.3 is 5.69 Å². The van der Waals surface area contributed by atoms with Crippen LogP contribution in [0.5, 0.6) is 5.75 Å². The fraction of sp³-hybridized carbons (Fsp3) is 0.333. The average Bonchev–Trinajstić information content (AvgIpc) is 3.23. The molecule has 1 aromatic carbocycles. The summed E-state index contributed by atoms with van der Waals surface area (Å²) in [6.07, 6.45) is 3.11. The summed E-state index contributed by atoms with van der Waals surface area (Å²) in [6.45, 7) is 0.282. The number of nitrogens with zero attached hydrogens (tertiary/aromatic N) is 3. The van der Waals surface area contributed by atoms with Crippen molar-refractivity contribution in [3.05, 3.63) is 55.2 Å². The fourth-order valence-electron chi connectivity index (χ4n) is 3.25. The number of ether oxygens (including phenoxy) is 1. The number of aromatic nitrogens is 2. The molecule has 2 heterocycles. The summed E-state index contributed by atoms with van der Waals surface area (Å²) >= 11 is 3.03. The fourth-order valence-corrected chi connectivity index (χ4v) is 5.34. The number of thioether (sulfide) groups is 1. The van der Waals surface area contributed by atoms with E-state index in [0.717, 1.165) is 29.5 Å². The molecule has 0 amide bonds. The van der Waals surface area contributed by atoms with Crippen LogP contribution in [0.25, 0.3) is 10.2 Å². The minimum absolute atomic E-state index is 0.00140. The van der Waals surface area contributed by atoms with E-state index in [0.29, 0.717) is 10.9 Å². The molecular formula is C18H17N3O4S2. The van der Waals surface area contributed by atoms with Crippen LogP contribution >= 0.6 is 23.1 Å². The van der Waals surface area contributed by atoms with Gasteiger partial charge in [-0.25, -0.2) is 4.98 Å². The lowest BCUT2D eigenvalue weighted by atomic mass is 10.2. The second kappa shape index (κ2) is 7.32. The van der Waals surface area contributed by atoms with Crippen molar-refractivity contribution in [2.75, 3.05) is 12.4 Å². The first-order chi connectivity index (χ1) is 13.1. The Morgan fingerprint density at radius 3 is 3.00 bits per heavy atom. The van der Waals surface area contributed by atoms with Crippen molar-refractivity contribution < 1.29 is 9.66 Å². The molecular weight excluding hydrogens is 386 g/mol. The number of thiophene rings is 1. The van der Waals surface area contributed by atoms with Gasteiger partial charge in [0.1, 0.15) is 4.83 Å². The Balaban J connectivity index is 1.48. The van der Waals surface area contributed by atoms with E-state index in [-0.39, 0.29) is 23.6 Å². The highest BCUT2D eigenvalue weighted by molar-refractivity contribution is 7.99. The Morgan fingerprint density at radius 2 is 2.19 bits per heavy atom. The molecule has 0 spiro atoms. The summed E-state index contributed by atoms with van der Waals surface area (Å²) in [6, 6.07) is 6.30. The Bertz CT molecular complexity index is 1090. The maximum absolute atomic E-state index is 12.8. The lowest BCUT2D eigenvalue weighted by molar-refractivity contribution is -0.385. The molecule has 0 fully saturated rings. The average molecular weight is 403 g/mol. The minimum Gasteiger partial charge on any atom is -0.486 e. The molecule has 0 bridgehead atoms. The minimum atomic E-state index is -0.461. The van der Waals surface area contributed by atoms with Crippen LogP contribution in [0.4, 0.5) is 5.69 Å². The van der Waals surface area contributed by atoms with Crippen LogP contribution in [0.3, 0.4) is 0 Å². The van der Waals surface area contributed by atoms with Crippen molar-refractivity contribution in [2.24, 2.45) is 7.05 Å². The van der Waals surface area contributed by atoms with Crippen LogP contribution < -0.4 is 10.3 Å². The molecule has 0 saturated heterocycles. The lowest BCUT2D eigenvalue weighted by Gasteiger charge is -2.09.